The van der Waals surface area contributed by atoms with Crippen molar-refractivity contribution < 1.29 is 1.43 Å². The van der Waals surface area contributed by atoms with E-state index in [1.54, 1.807) is 0 Å². The van der Waals surface area contributed by atoms with Crippen LogP contribution in [-0.4, -0.2) is 22.3 Å². The summed E-state index contributed by atoms with van der Waals surface area (Å²) in [5.41, 5.74) is 0. The minimum atomic E-state index is 0. The van der Waals surface area contributed by atoms with Gasteiger partial charge in [-0.05, 0) is 0 Å². The third-order valence-corrected chi connectivity index (χ3v) is 0. The summed E-state index contributed by atoms with van der Waals surface area (Å²) in [6.45, 7) is 6.63. The predicted octanol–water partition coefficient (Wildman–Crippen LogP) is 1.22. The third-order valence-electron chi connectivity index (χ3n) is 0. The molecule has 1 heteroatoms. The predicted molar refractivity (Wildman–Crippen MR) is 28.0 cm³/mol. The van der Waals surface area contributed by atoms with E-state index in [1.807, 2.05) is 22.3 Å². The molecule has 0 bridgehead atoms. The van der Waals surface area contributed by atoms with Gasteiger partial charge < -0.3 is 0 Å². The molecule has 0 aromatic carbocycles. The van der Waals surface area contributed by atoms with E-state index in [4.69, 9.17) is 0 Å². The molecule has 0 atom stereocenters. The minimum absolute atomic E-state index is 0. The van der Waals surface area contributed by atoms with Crippen molar-refractivity contribution in [3.05, 3.63) is 0 Å². The molecule has 0 saturated heterocycles. The second-order valence-electron chi connectivity index (χ2n) is 2.17. The molecule has 5 heavy (non-hydrogen) atoms. The van der Waals surface area contributed by atoms with E-state index in [0.29, 0.717) is 3.46 Å². The summed E-state index contributed by atoms with van der Waals surface area (Å²) in [5, 5.41) is 0. The molecule has 32 valence electrons. The molecule has 0 radical (unpaired) electrons. The van der Waals surface area contributed by atoms with Crippen molar-refractivity contribution in [3.63, 3.8) is 0 Å². The first-order valence-corrected chi connectivity index (χ1v) is 3.00. The molecule has 0 fully saturated rings. The van der Waals surface area contributed by atoms with Crippen LogP contribution < -0.4 is 0 Å². The van der Waals surface area contributed by atoms with Crippen LogP contribution in [0.3, 0.4) is 0 Å². The van der Waals surface area contributed by atoms with Crippen molar-refractivity contribution in [1.82, 2.24) is 0 Å². The normalized spacial score (nSPS) is 12.0. The van der Waals surface area contributed by atoms with Gasteiger partial charge in [0.15, 0.2) is 0 Å². The molecule has 0 aromatic heterocycles. The molecule has 0 aliphatic rings. The van der Waals surface area contributed by atoms with Crippen LogP contribution >= 0.6 is 0 Å². The third kappa shape index (κ3) is 59.8. The maximum atomic E-state index is 2.21. The molecular weight excluding hydrogens is 176 g/mol. The van der Waals surface area contributed by atoms with Gasteiger partial charge in [-0.1, -0.05) is 0 Å². The van der Waals surface area contributed by atoms with Crippen molar-refractivity contribution in [1.29, 1.82) is 0 Å². The SMILES string of the molecule is CC(C)(C)[TeH].[H+]. The van der Waals surface area contributed by atoms with Crippen molar-refractivity contribution in [2.75, 3.05) is 0 Å². The van der Waals surface area contributed by atoms with E-state index < -0.39 is 0 Å². The second-order valence-corrected chi connectivity index (χ2v) is 6.00. The maximum absolute atomic E-state index is 2.21. The Morgan fingerprint density at radius 2 is 1.40 bits per heavy atom. The summed E-state index contributed by atoms with van der Waals surface area (Å²) in [5.74, 6) is 0. The van der Waals surface area contributed by atoms with Gasteiger partial charge in [0.05, 0.1) is 0 Å². The van der Waals surface area contributed by atoms with Crippen LogP contribution in [-0.2, 0) is 0 Å². The van der Waals surface area contributed by atoms with E-state index in [2.05, 4.69) is 20.8 Å². The first-order valence-electron chi connectivity index (χ1n) is 1.72. The Morgan fingerprint density at radius 1 is 1.40 bits per heavy atom. The Balaban J connectivity index is 0. The topological polar surface area (TPSA) is 0 Å². The fraction of sp³-hybridized carbons (Fsp3) is 1.00. The molecule has 0 unspecified atom stereocenters. The average molecular weight is 187 g/mol. The average Bonchev–Trinajstić information content (AvgIpc) is 0.722. The van der Waals surface area contributed by atoms with Crippen molar-refractivity contribution in [3.8, 4) is 0 Å². The smallest absolute Gasteiger partial charge is 1.00 e. The van der Waals surface area contributed by atoms with Crippen molar-refractivity contribution in [2.24, 2.45) is 0 Å². The second kappa shape index (κ2) is 1.49. The van der Waals surface area contributed by atoms with Crippen LogP contribution in [0, 0.1) is 0 Å². The fourth-order valence-corrected chi connectivity index (χ4v) is 0. The van der Waals surface area contributed by atoms with Gasteiger partial charge in [-0.3, -0.25) is 0 Å². The van der Waals surface area contributed by atoms with Crippen molar-refractivity contribution in [2.45, 2.75) is 24.2 Å². The number of hydrogen-bond donors (Lipinski definition) is 0. The van der Waals surface area contributed by atoms with Crippen LogP contribution in [0.15, 0.2) is 0 Å². The molecule has 0 spiro atoms. The molecule has 0 aliphatic heterocycles. The number of hydrogen-bond acceptors (Lipinski definition) is 0. The minimum Gasteiger partial charge on any atom is 1.00 e. The standard InChI is InChI=1S/C4H10Te/c1-4(2,3)5/h5H,1-3H3/p+1. The Hall–Kier alpha value is 0.790. The Labute approximate surface area is 48.3 Å². The van der Waals surface area contributed by atoms with Gasteiger partial charge in [-0.25, -0.2) is 0 Å². The largest absolute Gasteiger partial charge is 1.00 e. The Morgan fingerprint density at radius 3 is 1.40 bits per heavy atom. The van der Waals surface area contributed by atoms with Crippen LogP contribution in [0.5, 0.6) is 0 Å². The molecule has 0 nitrogen and oxygen atoms in total. The Kier molecular flexibility index (Phi) is 1.73. The zero-order valence-electron chi connectivity index (χ0n) is 4.95. The summed E-state index contributed by atoms with van der Waals surface area (Å²) in [6, 6.07) is 0. The van der Waals surface area contributed by atoms with Gasteiger partial charge in [-0.15, -0.1) is 0 Å². The first-order chi connectivity index (χ1) is 2.00. The van der Waals surface area contributed by atoms with Crippen LogP contribution in [0.25, 0.3) is 0 Å². The van der Waals surface area contributed by atoms with Crippen LogP contribution in [0.4, 0.5) is 0 Å². The van der Waals surface area contributed by atoms with Crippen molar-refractivity contribution >= 4 is 22.3 Å². The monoisotopic (exact) mass is 189 g/mol. The molecule has 0 aliphatic carbocycles. The molecule has 0 saturated carbocycles. The molecule has 0 rings (SSSR count). The van der Waals surface area contributed by atoms with Gasteiger partial charge in [0.25, 0.3) is 0 Å². The zero-order chi connectivity index (χ0) is 4.50. The zero-order valence-corrected chi connectivity index (χ0v) is 6.50. The van der Waals surface area contributed by atoms with E-state index in [-0.39, 0.29) is 1.43 Å². The van der Waals surface area contributed by atoms with Gasteiger partial charge in [0, 0.05) is 0 Å². The molecular formula is C4H11Te+. The van der Waals surface area contributed by atoms with E-state index in [9.17, 15) is 0 Å². The summed E-state index contributed by atoms with van der Waals surface area (Å²) >= 11 is 1.87. The van der Waals surface area contributed by atoms with Gasteiger partial charge in [0.2, 0.25) is 0 Å². The van der Waals surface area contributed by atoms with Gasteiger partial charge in [-0.2, -0.15) is 0 Å². The van der Waals surface area contributed by atoms with E-state index >= 15 is 0 Å². The quantitative estimate of drug-likeness (QED) is 0.500. The number of rotatable bonds is 0. The Bertz CT molecular complexity index is 23.0. The van der Waals surface area contributed by atoms with Crippen LogP contribution in [0.2, 0.25) is 3.46 Å². The first kappa shape index (κ1) is 5.79. The summed E-state index contributed by atoms with van der Waals surface area (Å²) in [7, 11) is 0. The summed E-state index contributed by atoms with van der Waals surface area (Å²) < 4.78 is 0.550. The molecule has 0 heterocycles. The molecule has 0 N–H and O–H groups in total. The van der Waals surface area contributed by atoms with E-state index in [1.165, 1.54) is 0 Å². The fourth-order valence-electron chi connectivity index (χ4n) is 0. The van der Waals surface area contributed by atoms with Gasteiger partial charge in [0.1, 0.15) is 0 Å². The summed E-state index contributed by atoms with van der Waals surface area (Å²) in [6.07, 6.45) is 0. The molecule has 0 aromatic rings. The van der Waals surface area contributed by atoms with Gasteiger partial charge >= 0.3 is 48.0 Å². The van der Waals surface area contributed by atoms with Crippen LogP contribution in [0.1, 0.15) is 22.2 Å². The van der Waals surface area contributed by atoms with E-state index in [0.717, 1.165) is 0 Å². The summed E-state index contributed by atoms with van der Waals surface area (Å²) in [4.78, 5) is 0. The molecule has 0 amide bonds. The maximum Gasteiger partial charge on any atom is 1.00 e.